The van der Waals surface area contributed by atoms with E-state index >= 15 is 0 Å². The first kappa shape index (κ1) is 19.6. The van der Waals surface area contributed by atoms with Crippen LogP contribution in [-0.4, -0.2) is 34.4 Å². The van der Waals surface area contributed by atoms with Gasteiger partial charge in [-0.2, -0.15) is 0 Å². The highest BCUT2D eigenvalue weighted by molar-refractivity contribution is 7.14. The van der Waals surface area contributed by atoms with Crippen LogP contribution in [0.3, 0.4) is 0 Å². The molecule has 0 bridgehead atoms. The largest absolute Gasteiger partial charge is 0.376 e. The molecule has 4 heterocycles. The predicted octanol–water partition coefficient (Wildman–Crippen LogP) is 2.86. The number of nitrogens with one attached hydrogen (secondary N) is 2. The van der Waals surface area contributed by atoms with Crippen LogP contribution < -0.4 is 10.6 Å². The predicted molar refractivity (Wildman–Crippen MR) is 111 cm³/mol. The second kappa shape index (κ2) is 8.34. The van der Waals surface area contributed by atoms with Crippen LogP contribution in [0.25, 0.3) is 5.65 Å². The summed E-state index contributed by atoms with van der Waals surface area (Å²) in [7, 11) is 0. The molecule has 4 rings (SSSR count). The number of pyridine rings is 1. The number of hydrogen-bond donors (Lipinski definition) is 2. The van der Waals surface area contributed by atoms with Gasteiger partial charge in [0.15, 0.2) is 0 Å². The minimum Gasteiger partial charge on any atom is -0.376 e. The lowest BCUT2D eigenvalue weighted by Gasteiger charge is -2.41. The minimum absolute atomic E-state index is 0.0314. The summed E-state index contributed by atoms with van der Waals surface area (Å²) in [5.41, 5.74) is 1.33. The molecule has 0 unspecified atom stereocenters. The highest BCUT2D eigenvalue weighted by Crippen LogP contribution is 2.35. The standard InChI is InChI=1S/C21H24N4O3S/c1-2-3-4-19(26)24-21(13-28-14-21)17-6-5-16(29-17)20(27)23-12-15-7-9-25-10-8-22-18(25)11-15/h5-11H,2-4,12-14H2,1H3,(H,23,27)(H,24,26). The van der Waals surface area contributed by atoms with Gasteiger partial charge in [0.1, 0.15) is 11.2 Å². The van der Waals surface area contributed by atoms with Gasteiger partial charge in [0, 0.05) is 36.4 Å². The smallest absolute Gasteiger partial charge is 0.261 e. The Morgan fingerprint density at radius 3 is 2.90 bits per heavy atom. The number of aromatic nitrogens is 2. The number of rotatable bonds is 8. The van der Waals surface area contributed by atoms with Crippen LogP contribution >= 0.6 is 11.3 Å². The normalized spacial score (nSPS) is 15.1. The minimum atomic E-state index is -0.500. The van der Waals surface area contributed by atoms with Gasteiger partial charge in [0.05, 0.1) is 18.1 Å². The Bertz CT molecular complexity index is 1020. The van der Waals surface area contributed by atoms with Crippen molar-refractivity contribution in [2.45, 2.75) is 38.3 Å². The maximum absolute atomic E-state index is 12.6. The van der Waals surface area contributed by atoms with Gasteiger partial charge in [-0.3, -0.25) is 9.59 Å². The van der Waals surface area contributed by atoms with E-state index in [0.29, 0.717) is 31.1 Å². The Kier molecular flexibility index (Phi) is 5.64. The number of fused-ring (bicyclic) bond motifs is 1. The average molecular weight is 413 g/mol. The zero-order valence-electron chi connectivity index (χ0n) is 16.3. The lowest BCUT2D eigenvalue weighted by atomic mass is 9.95. The third kappa shape index (κ3) is 4.18. The Morgan fingerprint density at radius 1 is 1.28 bits per heavy atom. The summed E-state index contributed by atoms with van der Waals surface area (Å²) in [6, 6.07) is 7.64. The van der Waals surface area contributed by atoms with Gasteiger partial charge in [-0.25, -0.2) is 4.98 Å². The van der Waals surface area contributed by atoms with Crippen LogP contribution in [0.2, 0.25) is 0 Å². The number of carbonyl (C=O) groups is 2. The van der Waals surface area contributed by atoms with E-state index in [1.54, 1.807) is 6.20 Å². The maximum Gasteiger partial charge on any atom is 0.261 e. The number of thiophene rings is 1. The molecule has 0 radical (unpaired) electrons. The van der Waals surface area contributed by atoms with Crippen molar-refractivity contribution in [1.82, 2.24) is 20.0 Å². The van der Waals surface area contributed by atoms with Crippen molar-refractivity contribution in [2.24, 2.45) is 0 Å². The van der Waals surface area contributed by atoms with Crippen LogP contribution in [-0.2, 0) is 21.6 Å². The molecule has 29 heavy (non-hydrogen) atoms. The van der Waals surface area contributed by atoms with Gasteiger partial charge in [-0.05, 0) is 36.2 Å². The lowest BCUT2D eigenvalue weighted by Crippen LogP contribution is -2.58. The summed E-state index contributed by atoms with van der Waals surface area (Å²) in [5.74, 6) is -0.0962. The molecule has 3 aromatic rings. The molecule has 0 aliphatic carbocycles. The molecule has 3 aromatic heterocycles. The van der Waals surface area contributed by atoms with E-state index in [1.165, 1.54) is 11.3 Å². The SMILES string of the molecule is CCCCC(=O)NC1(c2ccc(C(=O)NCc3ccn4ccnc4c3)s2)COC1. The molecule has 0 atom stereocenters. The molecule has 152 valence electrons. The van der Waals surface area contributed by atoms with Crippen LogP contribution in [0.15, 0.2) is 42.9 Å². The molecule has 7 nitrogen and oxygen atoms in total. The van der Waals surface area contributed by atoms with Gasteiger partial charge in [-0.1, -0.05) is 13.3 Å². The zero-order valence-corrected chi connectivity index (χ0v) is 17.1. The molecule has 0 spiro atoms. The monoisotopic (exact) mass is 412 g/mol. The van der Waals surface area contributed by atoms with Gasteiger partial charge >= 0.3 is 0 Å². The second-order valence-corrected chi connectivity index (χ2v) is 8.38. The number of amides is 2. The summed E-state index contributed by atoms with van der Waals surface area (Å²) in [4.78, 5) is 30.6. The van der Waals surface area contributed by atoms with E-state index in [-0.39, 0.29) is 11.8 Å². The molecule has 1 fully saturated rings. The van der Waals surface area contributed by atoms with Gasteiger partial charge < -0.3 is 19.8 Å². The Hall–Kier alpha value is -2.71. The van der Waals surface area contributed by atoms with Crippen molar-refractivity contribution in [1.29, 1.82) is 0 Å². The van der Waals surface area contributed by atoms with Crippen molar-refractivity contribution < 1.29 is 14.3 Å². The van der Waals surface area contributed by atoms with Crippen molar-refractivity contribution in [3.8, 4) is 0 Å². The van der Waals surface area contributed by atoms with Crippen LogP contribution in [0.1, 0.15) is 46.3 Å². The first-order valence-corrected chi connectivity index (χ1v) is 10.6. The van der Waals surface area contributed by atoms with Crippen LogP contribution in [0.4, 0.5) is 0 Å². The maximum atomic E-state index is 12.6. The van der Waals surface area contributed by atoms with E-state index < -0.39 is 5.54 Å². The van der Waals surface area contributed by atoms with Crippen molar-refractivity contribution in [3.63, 3.8) is 0 Å². The fourth-order valence-electron chi connectivity index (χ4n) is 3.30. The quantitative estimate of drug-likeness (QED) is 0.596. The number of imidazole rings is 1. The number of ether oxygens (including phenoxy) is 1. The second-order valence-electron chi connectivity index (χ2n) is 7.30. The average Bonchev–Trinajstić information content (AvgIpc) is 3.36. The van der Waals surface area contributed by atoms with E-state index in [0.717, 1.165) is 28.9 Å². The summed E-state index contributed by atoms with van der Waals surface area (Å²) >= 11 is 1.41. The van der Waals surface area contributed by atoms with Crippen molar-refractivity contribution in [3.05, 3.63) is 58.2 Å². The Morgan fingerprint density at radius 2 is 2.14 bits per heavy atom. The van der Waals surface area contributed by atoms with Gasteiger partial charge in [0.2, 0.25) is 5.91 Å². The molecule has 1 saturated heterocycles. The van der Waals surface area contributed by atoms with E-state index in [2.05, 4.69) is 22.5 Å². The molecule has 0 aromatic carbocycles. The molecule has 2 N–H and O–H groups in total. The van der Waals surface area contributed by atoms with Crippen LogP contribution in [0.5, 0.6) is 0 Å². The summed E-state index contributed by atoms with van der Waals surface area (Å²) in [6.45, 7) is 3.37. The molecule has 0 saturated carbocycles. The highest BCUT2D eigenvalue weighted by Gasteiger charge is 2.43. The molecular formula is C21H24N4O3S. The third-order valence-corrected chi connectivity index (χ3v) is 6.34. The fraction of sp³-hybridized carbons (Fsp3) is 0.381. The number of nitrogens with zero attached hydrogens (tertiary/aromatic N) is 2. The Labute approximate surface area is 173 Å². The van der Waals surface area contributed by atoms with E-state index in [9.17, 15) is 9.59 Å². The molecular weight excluding hydrogens is 388 g/mol. The van der Waals surface area contributed by atoms with Gasteiger partial charge in [0.25, 0.3) is 5.91 Å². The number of hydrogen-bond acceptors (Lipinski definition) is 5. The van der Waals surface area contributed by atoms with E-state index in [1.807, 2.05) is 41.1 Å². The third-order valence-electron chi connectivity index (χ3n) is 5.05. The van der Waals surface area contributed by atoms with Crippen molar-refractivity contribution >= 4 is 28.8 Å². The summed E-state index contributed by atoms with van der Waals surface area (Å²) in [6.07, 6.45) is 7.91. The molecule has 8 heteroatoms. The fourth-order valence-corrected chi connectivity index (χ4v) is 4.34. The van der Waals surface area contributed by atoms with Crippen molar-refractivity contribution in [2.75, 3.05) is 13.2 Å². The first-order valence-electron chi connectivity index (χ1n) is 9.78. The topological polar surface area (TPSA) is 84.7 Å². The Balaban J connectivity index is 1.39. The van der Waals surface area contributed by atoms with Crippen LogP contribution in [0, 0.1) is 0 Å². The molecule has 2 amide bonds. The summed E-state index contributed by atoms with van der Waals surface area (Å²) in [5, 5.41) is 6.07. The zero-order chi connectivity index (χ0) is 20.3. The number of carbonyl (C=O) groups excluding carboxylic acids is 2. The first-order chi connectivity index (χ1) is 14.1. The van der Waals surface area contributed by atoms with E-state index in [4.69, 9.17) is 4.74 Å². The summed E-state index contributed by atoms with van der Waals surface area (Å²) < 4.78 is 7.31. The lowest BCUT2D eigenvalue weighted by molar-refractivity contribution is -0.133. The molecule has 1 aliphatic heterocycles. The highest BCUT2D eigenvalue weighted by atomic mass is 32.1. The number of unbranched alkanes of at least 4 members (excludes halogenated alkanes) is 1. The molecule has 1 aliphatic rings. The van der Waals surface area contributed by atoms with Gasteiger partial charge in [-0.15, -0.1) is 11.3 Å².